The molecule has 2 N–H and O–H groups in total. The van der Waals surface area contributed by atoms with Crippen LogP contribution >= 0.6 is 0 Å². The van der Waals surface area contributed by atoms with Crippen LogP contribution in [0.4, 0.5) is 0 Å². The summed E-state index contributed by atoms with van der Waals surface area (Å²) in [5.41, 5.74) is 2.32. The van der Waals surface area contributed by atoms with Crippen molar-refractivity contribution in [2.75, 3.05) is 0 Å². The van der Waals surface area contributed by atoms with Crippen LogP contribution in [-0.2, 0) is 4.79 Å². The fourth-order valence-corrected chi connectivity index (χ4v) is 5.14. The van der Waals surface area contributed by atoms with Crippen LogP contribution in [0.2, 0.25) is 0 Å². The minimum absolute atomic E-state index is 0.0809. The van der Waals surface area contributed by atoms with Crippen LogP contribution in [0, 0.1) is 0 Å². The third-order valence-electron chi connectivity index (χ3n) is 7.01. The second kappa shape index (κ2) is 10.4. The van der Waals surface area contributed by atoms with Crippen molar-refractivity contribution in [2.45, 2.75) is 12.0 Å². The zero-order valence-electron chi connectivity index (χ0n) is 20.9. The van der Waals surface area contributed by atoms with Gasteiger partial charge in [0.25, 0.3) is 0 Å². The van der Waals surface area contributed by atoms with E-state index in [1.165, 1.54) is 0 Å². The standard InChI is InChI=1S/C34H25NO4/c36-28-18-16-22-9-4-6-14-26(22)31(28)32-27-15-7-5-10-23(27)17-19-29(32)39-34(38)30(24-11-2-1-3-12-24)33(37)25-13-8-20-35-21-25/h1-21,30,33,36-37H/t30-,33-/m1/s1. The van der Waals surface area contributed by atoms with E-state index in [1.54, 1.807) is 48.8 Å². The summed E-state index contributed by atoms with van der Waals surface area (Å²) in [5.74, 6) is -1.24. The molecule has 0 spiro atoms. The lowest BCUT2D eigenvalue weighted by Gasteiger charge is -2.23. The summed E-state index contributed by atoms with van der Waals surface area (Å²) < 4.78 is 6.14. The van der Waals surface area contributed by atoms with E-state index in [1.807, 2.05) is 78.9 Å². The molecule has 0 radical (unpaired) electrons. The van der Waals surface area contributed by atoms with E-state index in [4.69, 9.17) is 4.74 Å². The molecule has 0 saturated heterocycles. The van der Waals surface area contributed by atoms with Crippen LogP contribution in [-0.4, -0.2) is 21.2 Å². The van der Waals surface area contributed by atoms with Crippen LogP contribution in [0.25, 0.3) is 32.7 Å². The van der Waals surface area contributed by atoms with Gasteiger partial charge in [-0.05, 0) is 45.3 Å². The zero-order chi connectivity index (χ0) is 26.8. The quantitative estimate of drug-likeness (QED) is 0.183. The fourth-order valence-electron chi connectivity index (χ4n) is 5.14. The fraction of sp³-hybridized carbons (Fsp3) is 0.0588. The number of carbonyl (C=O) groups is 1. The second-order valence-electron chi connectivity index (χ2n) is 9.38. The first-order valence-corrected chi connectivity index (χ1v) is 12.7. The first kappa shape index (κ1) is 24.3. The van der Waals surface area contributed by atoms with Gasteiger partial charge in [-0.25, -0.2) is 0 Å². The van der Waals surface area contributed by atoms with Crippen molar-refractivity contribution in [3.8, 4) is 22.6 Å². The SMILES string of the molecule is O=C(Oc1ccc2ccccc2c1-c1c(O)ccc2ccccc12)[C@H](c1ccccc1)[C@H](O)c1cccnc1. The number of aliphatic hydroxyl groups excluding tert-OH is 1. The van der Waals surface area contributed by atoms with Gasteiger partial charge in [-0.2, -0.15) is 0 Å². The number of hydrogen-bond acceptors (Lipinski definition) is 5. The van der Waals surface area contributed by atoms with Crippen molar-refractivity contribution in [3.63, 3.8) is 0 Å². The molecule has 0 unspecified atom stereocenters. The van der Waals surface area contributed by atoms with E-state index in [0.29, 0.717) is 28.0 Å². The molecule has 5 heteroatoms. The van der Waals surface area contributed by atoms with E-state index in [2.05, 4.69) is 4.98 Å². The highest BCUT2D eigenvalue weighted by molar-refractivity contribution is 6.10. The number of carbonyl (C=O) groups excluding carboxylic acids is 1. The summed E-state index contributed by atoms with van der Waals surface area (Å²) in [7, 11) is 0. The van der Waals surface area contributed by atoms with Crippen molar-refractivity contribution in [1.29, 1.82) is 0 Å². The molecule has 0 saturated carbocycles. The number of benzene rings is 5. The molecule has 6 rings (SSSR count). The molecule has 39 heavy (non-hydrogen) atoms. The minimum atomic E-state index is -1.18. The molecular weight excluding hydrogens is 486 g/mol. The maximum atomic E-state index is 13.9. The predicted molar refractivity (Wildman–Crippen MR) is 153 cm³/mol. The molecule has 1 heterocycles. The van der Waals surface area contributed by atoms with Crippen molar-refractivity contribution in [3.05, 3.63) is 139 Å². The van der Waals surface area contributed by atoms with Gasteiger partial charge in [0, 0.05) is 29.1 Å². The molecule has 6 aromatic rings. The van der Waals surface area contributed by atoms with E-state index < -0.39 is 18.0 Å². The summed E-state index contributed by atoms with van der Waals surface area (Å²) in [6.07, 6.45) is 1.98. The number of phenols is 1. The second-order valence-corrected chi connectivity index (χ2v) is 9.38. The Balaban J connectivity index is 1.52. The average molecular weight is 512 g/mol. The van der Waals surface area contributed by atoms with Gasteiger partial charge in [-0.15, -0.1) is 0 Å². The molecule has 0 aliphatic heterocycles. The molecule has 5 nitrogen and oxygen atoms in total. The van der Waals surface area contributed by atoms with Crippen LogP contribution in [0.3, 0.4) is 0 Å². The van der Waals surface area contributed by atoms with Crippen LogP contribution < -0.4 is 4.74 Å². The third-order valence-corrected chi connectivity index (χ3v) is 7.01. The number of rotatable bonds is 6. The maximum Gasteiger partial charge on any atom is 0.321 e. The zero-order valence-corrected chi connectivity index (χ0v) is 20.9. The Labute approximate surface area is 225 Å². The van der Waals surface area contributed by atoms with Gasteiger partial charge in [-0.3, -0.25) is 9.78 Å². The molecule has 1 aromatic heterocycles. The molecule has 0 aliphatic carbocycles. The lowest BCUT2D eigenvalue weighted by Crippen LogP contribution is -2.25. The van der Waals surface area contributed by atoms with Gasteiger partial charge in [0.15, 0.2) is 0 Å². The average Bonchev–Trinajstić information content (AvgIpc) is 2.98. The Morgan fingerprint density at radius 2 is 1.28 bits per heavy atom. The Hall–Kier alpha value is -5.00. The largest absolute Gasteiger partial charge is 0.507 e. The molecular formula is C34H25NO4. The van der Waals surface area contributed by atoms with Gasteiger partial charge < -0.3 is 14.9 Å². The molecule has 190 valence electrons. The Kier molecular flexibility index (Phi) is 6.49. The van der Waals surface area contributed by atoms with Crippen molar-refractivity contribution in [1.82, 2.24) is 4.98 Å². The Bertz CT molecular complexity index is 1780. The van der Waals surface area contributed by atoms with Gasteiger partial charge in [-0.1, -0.05) is 97.1 Å². The molecule has 0 amide bonds. The summed E-state index contributed by atoms with van der Waals surface area (Å²) in [5, 5.41) is 26.0. The predicted octanol–water partition coefficient (Wildman–Crippen LogP) is 7.18. The van der Waals surface area contributed by atoms with Crippen molar-refractivity contribution in [2.24, 2.45) is 0 Å². The first-order chi connectivity index (χ1) is 19.1. The van der Waals surface area contributed by atoms with Gasteiger partial charge in [0.05, 0.1) is 6.10 Å². The number of nitrogens with zero attached hydrogens (tertiary/aromatic N) is 1. The molecule has 2 atom stereocenters. The number of fused-ring (bicyclic) bond motifs is 2. The Morgan fingerprint density at radius 1 is 0.667 bits per heavy atom. The van der Waals surface area contributed by atoms with E-state index >= 15 is 0 Å². The summed E-state index contributed by atoms with van der Waals surface area (Å²) >= 11 is 0. The summed E-state index contributed by atoms with van der Waals surface area (Å²) in [4.78, 5) is 18.0. The highest BCUT2D eigenvalue weighted by Crippen LogP contribution is 2.45. The molecule has 0 fully saturated rings. The van der Waals surface area contributed by atoms with Gasteiger partial charge in [0.2, 0.25) is 0 Å². The number of esters is 1. The number of aromatic nitrogens is 1. The normalized spacial score (nSPS) is 12.7. The van der Waals surface area contributed by atoms with Gasteiger partial charge in [0.1, 0.15) is 17.4 Å². The number of ether oxygens (including phenoxy) is 1. The van der Waals surface area contributed by atoms with E-state index in [-0.39, 0.29) is 5.75 Å². The van der Waals surface area contributed by atoms with Crippen molar-refractivity contribution >= 4 is 27.5 Å². The number of phenolic OH excluding ortho intramolecular Hbond substituents is 1. The number of pyridine rings is 1. The molecule has 0 aliphatic rings. The smallest absolute Gasteiger partial charge is 0.321 e. The van der Waals surface area contributed by atoms with Crippen LogP contribution in [0.15, 0.2) is 128 Å². The third kappa shape index (κ3) is 4.60. The monoisotopic (exact) mass is 511 g/mol. The van der Waals surface area contributed by atoms with Crippen LogP contribution in [0.1, 0.15) is 23.1 Å². The molecule has 0 bridgehead atoms. The summed E-state index contributed by atoms with van der Waals surface area (Å²) in [6, 6.07) is 35.2. The number of hydrogen-bond donors (Lipinski definition) is 2. The topological polar surface area (TPSA) is 79.7 Å². The highest BCUT2D eigenvalue weighted by Gasteiger charge is 2.33. The van der Waals surface area contributed by atoms with Crippen molar-refractivity contribution < 1.29 is 19.7 Å². The number of aromatic hydroxyl groups is 1. The highest BCUT2D eigenvalue weighted by atomic mass is 16.5. The maximum absolute atomic E-state index is 13.9. The molecule has 5 aromatic carbocycles. The van der Waals surface area contributed by atoms with E-state index in [0.717, 1.165) is 21.5 Å². The summed E-state index contributed by atoms with van der Waals surface area (Å²) in [6.45, 7) is 0. The van der Waals surface area contributed by atoms with E-state index in [9.17, 15) is 15.0 Å². The lowest BCUT2D eigenvalue weighted by molar-refractivity contribution is -0.139. The Morgan fingerprint density at radius 3 is 1.97 bits per heavy atom. The first-order valence-electron chi connectivity index (χ1n) is 12.7. The number of aliphatic hydroxyl groups is 1. The lowest BCUT2D eigenvalue weighted by atomic mass is 9.89. The minimum Gasteiger partial charge on any atom is -0.507 e. The van der Waals surface area contributed by atoms with Gasteiger partial charge >= 0.3 is 5.97 Å². The van der Waals surface area contributed by atoms with Crippen LogP contribution in [0.5, 0.6) is 11.5 Å².